The van der Waals surface area contributed by atoms with E-state index in [4.69, 9.17) is 4.74 Å². The van der Waals surface area contributed by atoms with Crippen LogP contribution in [0, 0.1) is 5.82 Å². The molecule has 0 radical (unpaired) electrons. The van der Waals surface area contributed by atoms with Crippen molar-refractivity contribution < 1.29 is 31.4 Å². The van der Waals surface area contributed by atoms with E-state index in [9.17, 15) is 22.0 Å². The Morgan fingerprint density at radius 2 is 1.53 bits per heavy atom. The molecule has 0 aromatic heterocycles. The molecule has 0 saturated heterocycles. The van der Waals surface area contributed by atoms with Crippen LogP contribution in [0.5, 0.6) is 17.2 Å². The summed E-state index contributed by atoms with van der Waals surface area (Å²) >= 11 is 0. The number of ether oxygens (including phenoxy) is 2. The van der Waals surface area contributed by atoms with Crippen LogP contribution in [0.15, 0.2) is 72.8 Å². The molecule has 0 spiro atoms. The molecule has 3 aromatic rings. The number of aryl methyl sites for hydroxylation is 1. The summed E-state index contributed by atoms with van der Waals surface area (Å²) in [6.07, 6.45) is -1.66. The Labute approximate surface area is 183 Å². The van der Waals surface area contributed by atoms with Crippen molar-refractivity contribution in [2.24, 2.45) is 0 Å². The van der Waals surface area contributed by atoms with Gasteiger partial charge in [0.1, 0.15) is 11.5 Å². The maximum atomic E-state index is 14.1. The second-order valence-electron chi connectivity index (χ2n) is 7.65. The lowest BCUT2D eigenvalue weighted by molar-refractivity contribution is -0.0499. The van der Waals surface area contributed by atoms with Crippen molar-refractivity contribution in [3.05, 3.63) is 89.7 Å². The highest BCUT2D eigenvalue weighted by atomic mass is 19.3. The highest BCUT2D eigenvalue weighted by molar-refractivity contribution is 5.36. The molecule has 170 valence electrons. The lowest BCUT2D eigenvalue weighted by Gasteiger charge is -2.29. The van der Waals surface area contributed by atoms with Crippen LogP contribution in [0.2, 0.25) is 0 Å². The quantitative estimate of drug-likeness (QED) is 0.294. The molecule has 0 heterocycles. The Balaban J connectivity index is 1.67. The fraction of sp³-hybridized carbons (Fsp3) is 0.280. The first-order chi connectivity index (χ1) is 15.3. The van der Waals surface area contributed by atoms with Gasteiger partial charge in [-0.05, 0) is 66.8 Å². The minimum absolute atomic E-state index is 0.0694. The average molecular weight is 450 g/mol. The second kappa shape index (κ2) is 10.5. The van der Waals surface area contributed by atoms with Crippen LogP contribution < -0.4 is 9.47 Å². The molecular formula is C25H23F5O2. The first-order valence-electron chi connectivity index (χ1n) is 10.1. The summed E-state index contributed by atoms with van der Waals surface area (Å²) in [7, 11) is 0. The van der Waals surface area contributed by atoms with Crippen molar-refractivity contribution in [3.8, 4) is 17.2 Å². The molecule has 3 rings (SSSR count). The number of alkyl halides is 4. The van der Waals surface area contributed by atoms with E-state index in [2.05, 4.69) is 4.74 Å². The number of hydrogen-bond acceptors (Lipinski definition) is 2. The summed E-state index contributed by atoms with van der Waals surface area (Å²) in [5, 5.41) is 0. The lowest BCUT2D eigenvalue weighted by Crippen LogP contribution is -2.31. The normalized spacial score (nSPS) is 13.2. The minimum atomic E-state index is -2.98. The van der Waals surface area contributed by atoms with E-state index in [1.807, 2.05) is 6.07 Å². The zero-order chi connectivity index (χ0) is 23.1. The van der Waals surface area contributed by atoms with Gasteiger partial charge < -0.3 is 9.47 Å². The predicted molar refractivity (Wildman–Crippen MR) is 112 cm³/mol. The molecule has 7 heteroatoms. The van der Waals surface area contributed by atoms with E-state index in [1.165, 1.54) is 37.3 Å². The van der Waals surface area contributed by atoms with Crippen LogP contribution in [-0.4, -0.2) is 13.0 Å². The molecule has 0 fully saturated rings. The van der Waals surface area contributed by atoms with Gasteiger partial charge in [-0.25, -0.2) is 13.2 Å². The molecular weight excluding hydrogens is 427 g/mol. The summed E-state index contributed by atoms with van der Waals surface area (Å²) in [6, 6.07) is 18.5. The highest BCUT2D eigenvalue weighted by Crippen LogP contribution is 2.37. The Morgan fingerprint density at radius 3 is 2.16 bits per heavy atom. The first kappa shape index (κ1) is 23.6. The van der Waals surface area contributed by atoms with E-state index in [1.54, 1.807) is 36.4 Å². The fourth-order valence-electron chi connectivity index (χ4n) is 3.45. The Hall–Kier alpha value is -3.09. The Morgan fingerprint density at radius 1 is 0.844 bits per heavy atom. The Kier molecular flexibility index (Phi) is 7.72. The predicted octanol–water partition coefficient (Wildman–Crippen LogP) is 7.77. The van der Waals surface area contributed by atoms with E-state index in [0.717, 1.165) is 5.56 Å². The summed E-state index contributed by atoms with van der Waals surface area (Å²) in [6.45, 7) is -1.54. The zero-order valence-corrected chi connectivity index (χ0v) is 17.4. The van der Waals surface area contributed by atoms with Gasteiger partial charge in [0.05, 0.1) is 5.41 Å². The molecule has 1 unspecified atom stereocenters. The van der Waals surface area contributed by atoms with Crippen LogP contribution in [-0.2, 0) is 11.8 Å². The van der Waals surface area contributed by atoms with Gasteiger partial charge in [0.15, 0.2) is 11.6 Å². The third kappa shape index (κ3) is 5.99. The largest absolute Gasteiger partial charge is 0.454 e. The summed E-state index contributed by atoms with van der Waals surface area (Å²) in [5.74, 6) is -0.0354. The van der Waals surface area contributed by atoms with Crippen LogP contribution in [0.25, 0.3) is 0 Å². The van der Waals surface area contributed by atoms with Crippen LogP contribution in [0.1, 0.15) is 30.9 Å². The minimum Gasteiger partial charge on any atom is -0.454 e. The summed E-state index contributed by atoms with van der Waals surface area (Å²) in [5.41, 5.74) is -0.372. The van der Waals surface area contributed by atoms with Gasteiger partial charge in [0.2, 0.25) is 6.43 Å². The molecule has 0 N–H and O–H groups in total. The number of para-hydroxylation sites is 1. The van der Waals surface area contributed by atoms with E-state index in [-0.39, 0.29) is 17.9 Å². The molecule has 0 amide bonds. The molecule has 3 aromatic carbocycles. The highest BCUT2D eigenvalue weighted by Gasteiger charge is 2.36. The molecule has 0 aliphatic heterocycles. The van der Waals surface area contributed by atoms with Crippen LogP contribution >= 0.6 is 0 Å². The van der Waals surface area contributed by atoms with Crippen molar-refractivity contribution in [2.75, 3.05) is 0 Å². The van der Waals surface area contributed by atoms with Crippen molar-refractivity contribution in [3.63, 3.8) is 0 Å². The maximum absolute atomic E-state index is 14.1. The molecule has 0 bridgehead atoms. The van der Waals surface area contributed by atoms with Crippen LogP contribution in [0.3, 0.4) is 0 Å². The fourth-order valence-corrected chi connectivity index (χ4v) is 3.45. The van der Waals surface area contributed by atoms with Gasteiger partial charge in [-0.3, -0.25) is 0 Å². The summed E-state index contributed by atoms with van der Waals surface area (Å²) in [4.78, 5) is 0. The number of hydrogen-bond donors (Lipinski definition) is 0. The molecule has 0 saturated carbocycles. The third-order valence-corrected chi connectivity index (χ3v) is 5.35. The zero-order valence-electron chi connectivity index (χ0n) is 17.4. The van der Waals surface area contributed by atoms with Gasteiger partial charge in [-0.2, -0.15) is 8.78 Å². The van der Waals surface area contributed by atoms with Gasteiger partial charge in [0.25, 0.3) is 0 Å². The van der Waals surface area contributed by atoms with E-state index in [0.29, 0.717) is 24.2 Å². The molecule has 1 atom stereocenters. The third-order valence-electron chi connectivity index (χ3n) is 5.35. The molecule has 2 nitrogen and oxygen atoms in total. The lowest BCUT2D eigenvalue weighted by atomic mass is 9.78. The van der Waals surface area contributed by atoms with E-state index < -0.39 is 24.3 Å². The number of halogens is 5. The van der Waals surface area contributed by atoms with Gasteiger partial charge in [-0.15, -0.1) is 0 Å². The molecule has 0 aliphatic carbocycles. The van der Waals surface area contributed by atoms with E-state index >= 15 is 0 Å². The van der Waals surface area contributed by atoms with Gasteiger partial charge in [-0.1, -0.05) is 43.3 Å². The van der Waals surface area contributed by atoms with Crippen molar-refractivity contribution in [1.29, 1.82) is 0 Å². The standard InChI is InChI=1S/C25H23F5O2/c1-25(23(27)28,18-10-12-20(13-11-18)32-24(29)30)15-5-6-17-9-14-21(26)22(16-17)31-19-7-3-2-4-8-19/h2-4,7-14,16,23-24H,5-6,15H2,1H3. The van der Waals surface area contributed by atoms with Crippen LogP contribution in [0.4, 0.5) is 22.0 Å². The molecule has 0 aliphatic rings. The average Bonchev–Trinajstić information content (AvgIpc) is 2.76. The maximum Gasteiger partial charge on any atom is 0.387 e. The van der Waals surface area contributed by atoms with Gasteiger partial charge in [0, 0.05) is 0 Å². The van der Waals surface area contributed by atoms with Crippen molar-refractivity contribution in [1.82, 2.24) is 0 Å². The summed E-state index contributed by atoms with van der Waals surface area (Å²) < 4.78 is 76.5. The van der Waals surface area contributed by atoms with Gasteiger partial charge >= 0.3 is 6.61 Å². The second-order valence-corrected chi connectivity index (χ2v) is 7.65. The smallest absolute Gasteiger partial charge is 0.387 e. The number of rotatable bonds is 10. The topological polar surface area (TPSA) is 18.5 Å². The Bertz CT molecular complexity index is 993. The van der Waals surface area contributed by atoms with Crippen molar-refractivity contribution >= 4 is 0 Å². The SMILES string of the molecule is CC(CCCc1ccc(F)c(Oc2ccccc2)c1)(c1ccc(OC(F)F)cc1)C(F)F. The first-order valence-corrected chi connectivity index (χ1v) is 10.1. The van der Waals surface area contributed by atoms with Crippen molar-refractivity contribution in [2.45, 2.75) is 44.6 Å². The number of benzene rings is 3. The monoisotopic (exact) mass is 450 g/mol. The molecule has 32 heavy (non-hydrogen) atoms.